The first-order valence-electron chi connectivity index (χ1n) is 6.37. The van der Waals surface area contributed by atoms with Gasteiger partial charge in [-0.1, -0.05) is 65.5 Å². The predicted octanol–water partition coefficient (Wildman–Crippen LogP) is 5.20. The molecule has 0 aromatic heterocycles. The van der Waals surface area contributed by atoms with Gasteiger partial charge < -0.3 is 0 Å². The van der Waals surface area contributed by atoms with Crippen LogP contribution >= 0.6 is 0 Å². The van der Waals surface area contributed by atoms with E-state index >= 15 is 0 Å². The predicted molar refractivity (Wildman–Crippen MR) is 66.5 cm³/mol. The average Bonchev–Trinajstić information content (AvgIpc) is 2.23. The molecule has 0 aromatic carbocycles. The number of allylic oxidation sites excluding steroid dienone is 2. The van der Waals surface area contributed by atoms with Crippen molar-refractivity contribution in [2.45, 2.75) is 66.7 Å². The van der Waals surface area contributed by atoms with E-state index in [9.17, 15) is 0 Å². The molecule has 1 unspecified atom stereocenters. The highest BCUT2D eigenvalue weighted by atomic mass is 14.1. The molecule has 0 aliphatic heterocycles. The average molecular weight is 196 g/mol. The topological polar surface area (TPSA) is 0 Å². The highest BCUT2D eigenvalue weighted by Gasteiger charge is 2.06. The molecule has 0 spiro atoms. The highest BCUT2D eigenvalue weighted by molar-refractivity contribution is 5.04. The van der Waals surface area contributed by atoms with Gasteiger partial charge in [0.05, 0.1) is 0 Å². The standard InChI is InChI=1S/C14H28/c1-6-12(5)10-14(9-4)11-13(7-2)8-3/h10,12-13H,6-9,11H2,1-5H3. The summed E-state index contributed by atoms with van der Waals surface area (Å²) >= 11 is 0. The molecular weight excluding hydrogens is 168 g/mol. The molecule has 0 amide bonds. The molecule has 0 saturated heterocycles. The van der Waals surface area contributed by atoms with Crippen molar-refractivity contribution in [1.29, 1.82) is 0 Å². The lowest BCUT2D eigenvalue weighted by Gasteiger charge is -2.15. The summed E-state index contributed by atoms with van der Waals surface area (Å²) < 4.78 is 0. The first kappa shape index (κ1) is 13.7. The summed E-state index contributed by atoms with van der Waals surface area (Å²) in [6.45, 7) is 11.5. The Morgan fingerprint density at radius 1 is 1.00 bits per heavy atom. The molecule has 0 aliphatic carbocycles. The Bertz CT molecular complexity index is 151. The van der Waals surface area contributed by atoms with Gasteiger partial charge in [0.1, 0.15) is 0 Å². The van der Waals surface area contributed by atoms with Crippen molar-refractivity contribution in [3.63, 3.8) is 0 Å². The van der Waals surface area contributed by atoms with Gasteiger partial charge >= 0.3 is 0 Å². The van der Waals surface area contributed by atoms with E-state index in [-0.39, 0.29) is 0 Å². The Morgan fingerprint density at radius 3 is 1.93 bits per heavy atom. The van der Waals surface area contributed by atoms with Crippen molar-refractivity contribution >= 4 is 0 Å². The summed E-state index contributed by atoms with van der Waals surface area (Å²) in [7, 11) is 0. The van der Waals surface area contributed by atoms with Crippen molar-refractivity contribution < 1.29 is 0 Å². The van der Waals surface area contributed by atoms with E-state index in [4.69, 9.17) is 0 Å². The minimum absolute atomic E-state index is 0.763. The number of hydrogen-bond acceptors (Lipinski definition) is 0. The summed E-state index contributed by atoms with van der Waals surface area (Å²) in [6, 6.07) is 0. The largest absolute Gasteiger partial charge is 0.0825 e. The zero-order chi connectivity index (χ0) is 11.0. The van der Waals surface area contributed by atoms with E-state index in [0.717, 1.165) is 11.8 Å². The maximum absolute atomic E-state index is 2.50. The molecule has 0 radical (unpaired) electrons. The van der Waals surface area contributed by atoms with Crippen LogP contribution in [-0.2, 0) is 0 Å². The second kappa shape index (κ2) is 8.08. The van der Waals surface area contributed by atoms with Gasteiger partial charge in [0.25, 0.3) is 0 Å². The third-order valence-electron chi connectivity index (χ3n) is 3.32. The second-order valence-electron chi connectivity index (χ2n) is 4.45. The van der Waals surface area contributed by atoms with Crippen molar-refractivity contribution in [1.82, 2.24) is 0 Å². The van der Waals surface area contributed by atoms with Crippen LogP contribution in [0.15, 0.2) is 11.6 Å². The van der Waals surface area contributed by atoms with Crippen LogP contribution in [0.25, 0.3) is 0 Å². The molecule has 0 N–H and O–H groups in total. The van der Waals surface area contributed by atoms with Gasteiger partial charge in [-0.15, -0.1) is 0 Å². The molecule has 14 heavy (non-hydrogen) atoms. The van der Waals surface area contributed by atoms with E-state index in [1.165, 1.54) is 32.1 Å². The summed E-state index contributed by atoms with van der Waals surface area (Å²) in [6.07, 6.45) is 8.99. The van der Waals surface area contributed by atoms with Crippen LogP contribution in [0.5, 0.6) is 0 Å². The SMILES string of the molecule is CCC(=CC(C)CC)CC(CC)CC. The second-order valence-corrected chi connectivity index (χ2v) is 4.45. The first-order valence-corrected chi connectivity index (χ1v) is 6.37. The molecule has 0 aromatic rings. The zero-order valence-electron chi connectivity index (χ0n) is 10.8. The van der Waals surface area contributed by atoms with Gasteiger partial charge in [-0.2, -0.15) is 0 Å². The number of hydrogen-bond donors (Lipinski definition) is 0. The fourth-order valence-electron chi connectivity index (χ4n) is 1.80. The van der Waals surface area contributed by atoms with Gasteiger partial charge in [0, 0.05) is 0 Å². The molecule has 0 bridgehead atoms. The summed E-state index contributed by atoms with van der Waals surface area (Å²) in [5, 5.41) is 0. The fraction of sp³-hybridized carbons (Fsp3) is 0.857. The zero-order valence-corrected chi connectivity index (χ0v) is 10.8. The lowest BCUT2D eigenvalue weighted by atomic mass is 9.91. The van der Waals surface area contributed by atoms with Crippen molar-refractivity contribution in [3.05, 3.63) is 11.6 Å². The van der Waals surface area contributed by atoms with Gasteiger partial charge in [0.15, 0.2) is 0 Å². The minimum atomic E-state index is 0.763. The maximum atomic E-state index is 2.50. The van der Waals surface area contributed by atoms with E-state index in [1.54, 1.807) is 5.57 Å². The third kappa shape index (κ3) is 5.47. The quantitative estimate of drug-likeness (QED) is 0.491. The third-order valence-corrected chi connectivity index (χ3v) is 3.32. The van der Waals surface area contributed by atoms with E-state index < -0.39 is 0 Å². The Morgan fingerprint density at radius 2 is 1.57 bits per heavy atom. The van der Waals surface area contributed by atoms with E-state index in [1.807, 2.05) is 0 Å². The van der Waals surface area contributed by atoms with Gasteiger partial charge in [0.2, 0.25) is 0 Å². The normalized spacial score (nSPS) is 14.9. The summed E-state index contributed by atoms with van der Waals surface area (Å²) in [5.41, 5.74) is 1.67. The van der Waals surface area contributed by atoms with E-state index in [2.05, 4.69) is 40.7 Å². The van der Waals surface area contributed by atoms with E-state index in [0.29, 0.717) is 0 Å². The molecule has 0 rings (SSSR count). The minimum Gasteiger partial charge on any atom is -0.0825 e. The molecule has 0 nitrogen and oxygen atoms in total. The van der Waals surface area contributed by atoms with Gasteiger partial charge in [-0.3, -0.25) is 0 Å². The number of rotatable bonds is 7. The fourth-order valence-corrected chi connectivity index (χ4v) is 1.80. The lowest BCUT2D eigenvalue weighted by molar-refractivity contribution is 0.480. The molecule has 0 heteroatoms. The van der Waals surface area contributed by atoms with Gasteiger partial charge in [-0.05, 0) is 24.7 Å². The summed E-state index contributed by atoms with van der Waals surface area (Å²) in [4.78, 5) is 0. The van der Waals surface area contributed by atoms with Crippen LogP contribution in [0.2, 0.25) is 0 Å². The molecule has 1 atom stereocenters. The highest BCUT2D eigenvalue weighted by Crippen LogP contribution is 2.22. The van der Waals surface area contributed by atoms with Gasteiger partial charge in [-0.25, -0.2) is 0 Å². The molecule has 0 saturated carbocycles. The smallest absolute Gasteiger partial charge is 0.0262 e. The molecular formula is C14H28. The Labute approximate surface area is 90.8 Å². The van der Waals surface area contributed by atoms with Crippen LogP contribution < -0.4 is 0 Å². The van der Waals surface area contributed by atoms with Crippen molar-refractivity contribution in [2.24, 2.45) is 11.8 Å². The van der Waals surface area contributed by atoms with Crippen LogP contribution in [0.3, 0.4) is 0 Å². The van der Waals surface area contributed by atoms with Crippen LogP contribution in [-0.4, -0.2) is 0 Å². The maximum Gasteiger partial charge on any atom is -0.0262 e. The van der Waals surface area contributed by atoms with Crippen molar-refractivity contribution in [3.8, 4) is 0 Å². The molecule has 0 fully saturated rings. The first-order chi connectivity index (χ1) is 6.67. The Balaban J connectivity index is 4.19. The lowest BCUT2D eigenvalue weighted by Crippen LogP contribution is -2.00. The molecule has 84 valence electrons. The summed E-state index contributed by atoms with van der Waals surface area (Å²) in [5.74, 6) is 1.67. The van der Waals surface area contributed by atoms with Crippen LogP contribution in [0.1, 0.15) is 66.7 Å². The van der Waals surface area contributed by atoms with Crippen LogP contribution in [0, 0.1) is 11.8 Å². The Kier molecular flexibility index (Phi) is 7.93. The van der Waals surface area contributed by atoms with Crippen LogP contribution in [0.4, 0.5) is 0 Å². The molecule has 0 heterocycles. The van der Waals surface area contributed by atoms with Crippen molar-refractivity contribution in [2.75, 3.05) is 0 Å². The Hall–Kier alpha value is -0.260. The molecule has 0 aliphatic rings. The monoisotopic (exact) mass is 196 g/mol.